The fourth-order valence-electron chi connectivity index (χ4n) is 1.31. The second kappa shape index (κ2) is 6.18. The van der Waals surface area contributed by atoms with Gasteiger partial charge in [0.25, 0.3) is 0 Å². The molecule has 2 aromatic rings. The van der Waals surface area contributed by atoms with Gasteiger partial charge in [0.05, 0.1) is 11.8 Å². The standard InChI is InChI=1S/C11H9Cl3N4/c12-5-9-16-10(6-13)18-11(17-9)15-8-3-1-7(14)2-4-8/h1-4H,5-6H2,(H,15,16,17,18). The van der Waals surface area contributed by atoms with Crippen LogP contribution in [-0.2, 0) is 11.8 Å². The summed E-state index contributed by atoms with van der Waals surface area (Å²) in [5, 5.41) is 3.71. The van der Waals surface area contributed by atoms with Gasteiger partial charge in [-0.3, -0.25) is 0 Å². The zero-order valence-corrected chi connectivity index (χ0v) is 11.5. The van der Waals surface area contributed by atoms with Crippen molar-refractivity contribution < 1.29 is 0 Å². The van der Waals surface area contributed by atoms with Gasteiger partial charge in [-0.05, 0) is 24.3 Å². The molecule has 0 aliphatic carbocycles. The maximum Gasteiger partial charge on any atom is 0.230 e. The smallest absolute Gasteiger partial charge is 0.230 e. The summed E-state index contributed by atoms with van der Waals surface area (Å²) in [6.45, 7) is 0. The summed E-state index contributed by atoms with van der Waals surface area (Å²) in [5.41, 5.74) is 0.826. The molecule has 0 spiro atoms. The zero-order valence-electron chi connectivity index (χ0n) is 9.20. The van der Waals surface area contributed by atoms with E-state index in [0.717, 1.165) is 5.69 Å². The van der Waals surface area contributed by atoms with Crippen molar-refractivity contribution in [3.05, 3.63) is 40.9 Å². The quantitative estimate of drug-likeness (QED) is 0.874. The first kappa shape index (κ1) is 13.3. The Labute approximate surface area is 119 Å². The van der Waals surface area contributed by atoms with Crippen LogP contribution in [0, 0.1) is 0 Å². The minimum absolute atomic E-state index is 0.210. The first-order valence-electron chi connectivity index (χ1n) is 5.09. The number of benzene rings is 1. The van der Waals surface area contributed by atoms with Gasteiger partial charge in [0, 0.05) is 10.7 Å². The average molecular weight is 304 g/mol. The largest absolute Gasteiger partial charge is 0.324 e. The van der Waals surface area contributed by atoms with Gasteiger partial charge in [0.15, 0.2) is 0 Å². The Bertz CT molecular complexity index is 508. The second-order valence-electron chi connectivity index (χ2n) is 3.39. The number of hydrogen-bond donors (Lipinski definition) is 1. The van der Waals surface area contributed by atoms with Crippen LogP contribution < -0.4 is 5.32 Å². The molecule has 94 valence electrons. The predicted molar refractivity (Wildman–Crippen MR) is 73.7 cm³/mol. The first-order valence-corrected chi connectivity index (χ1v) is 6.54. The van der Waals surface area contributed by atoms with Crippen LogP contribution in [0.25, 0.3) is 0 Å². The molecule has 0 atom stereocenters. The third-order valence-corrected chi connectivity index (χ3v) is 2.80. The number of rotatable bonds is 4. The number of nitrogens with one attached hydrogen (secondary N) is 1. The fraction of sp³-hybridized carbons (Fsp3) is 0.182. The molecule has 1 aromatic heterocycles. The van der Waals surface area contributed by atoms with Crippen LogP contribution in [0.2, 0.25) is 5.02 Å². The molecule has 0 amide bonds. The first-order chi connectivity index (χ1) is 8.71. The molecule has 18 heavy (non-hydrogen) atoms. The van der Waals surface area contributed by atoms with E-state index in [4.69, 9.17) is 34.8 Å². The van der Waals surface area contributed by atoms with Crippen LogP contribution in [0.15, 0.2) is 24.3 Å². The van der Waals surface area contributed by atoms with Crippen molar-refractivity contribution in [2.45, 2.75) is 11.8 Å². The molecule has 1 N–H and O–H groups in total. The van der Waals surface area contributed by atoms with Crippen molar-refractivity contribution in [3.8, 4) is 0 Å². The third-order valence-electron chi connectivity index (χ3n) is 2.07. The SMILES string of the molecule is ClCc1nc(CCl)nc(Nc2ccc(Cl)cc2)n1. The van der Waals surface area contributed by atoms with Gasteiger partial charge in [0.2, 0.25) is 5.95 Å². The molecule has 0 saturated heterocycles. The molecule has 1 heterocycles. The van der Waals surface area contributed by atoms with Crippen molar-refractivity contribution in [2.75, 3.05) is 5.32 Å². The summed E-state index contributed by atoms with van der Waals surface area (Å²) in [6, 6.07) is 7.20. The van der Waals surface area contributed by atoms with Crippen molar-refractivity contribution in [2.24, 2.45) is 0 Å². The molecule has 0 fully saturated rings. The number of hydrogen-bond acceptors (Lipinski definition) is 4. The minimum Gasteiger partial charge on any atom is -0.324 e. The highest BCUT2D eigenvalue weighted by molar-refractivity contribution is 6.30. The lowest BCUT2D eigenvalue weighted by Crippen LogP contribution is -2.05. The molecule has 0 aliphatic rings. The summed E-state index contributed by atoms with van der Waals surface area (Å²) < 4.78 is 0. The molecule has 0 bridgehead atoms. The lowest BCUT2D eigenvalue weighted by Gasteiger charge is -2.06. The second-order valence-corrected chi connectivity index (χ2v) is 4.36. The maximum absolute atomic E-state index is 5.81. The Balaban J connectivity index is 2.25. The highest BCUT2D eigenvalue weighted by atomic mass is 35.5. The Morgan fingerprint density at radius 1 is 0.889 bits per heavy atom. The lowest BCUT2D eigenvalue weighted by molar-refractivity contribution is 0.906. The lowest BCUT2D eigenvalue weighted by atomic mass is 10.3. The number of aromatic nitrogens is 3. The van der Waals surface area contributed by atoms with Gasteiger partial charge in [0.1, 0.15) is 11.6 Å². The molecule has 0 aliphatic heterocycles. The van der Waals surface area contributed by atoms with E-state index < -0.39 is 0 Å². The van der Waals surface area contributed by atoms with Crippen molar-refractivity contribution in [3.63, 3.8) is 0 Å². The molecule has 2 rings (SSSR count). The summed E-state index contributed by atoms with van der Waals surface area (Å²) in [5.74, 6) is 1.81. The summed E-state index contributed by atoms with van der Waals surface area (Å²) in [4.78, 5) is 12.4. The molecular weight excluding hydrogens is 295 g/mol. The van der Waals surface area contributed by atoms with Gasteiger partial charge in [-0.25, -0.2) is 4.98 Å². The molecule has 7 heteroatoms. The minimum atomic E-state index is 0.210. The van der Waals surface area contributed by atoms with Crippen molar-refractivity contribution in [1.82, 2.24) is 15.0 Å². The van der Waals surface area contributed by atoms with Gasteiger partial charge in [-0.15, -0.1) is 23.2 Å². The Morgan fingerprint density at radius 3 is 1.94 bits per heavy atom. The van der Waals surface area contributed by atoms with Crippen LogP contribution >= 0.6 is 34.8 Å². The third kappa shape index (κ3) is 3.45. The van der Waals surface area contributed by atoms with Crippen LogP contribution in [0.5, 0.6) is 0 Å². The molecule has 1 aromatic carbocycles. The molecule has 0 saturated carbocycles. The highest BCUT2D eigenvalue weighted by Gasteiger charge is 2.05. The molecule has 0 unspecified atom stereocenters. The van der Waals surface area contributed by atoms with Gasteiger partial charge in [-0.2, -0.15) is 9.97 Å². The van der Waals surface area contributed by atoms with Gasteiger partial charge in [-0.1, -0.05) is 11.6 Å². The summed E-state index contributed by atoms with van der Waals surface area (Å²) >= 11 is 17.2. The number of alkyl halides is 2. The van der Waals surface area contributed by atoms with Crippen LogP contribution in [0.1, 0.15) is 11.6 Å². The monoisotopic (exact) mass is 302 g/mol. The van der Waals surface area contributed by atoms with Crippen LogP contribution in [-0.4, -0.2) is 15.0 Å². The van der Waals surface area contributed by atoms with E-state index >= 15 is 0 Å². The zero-order chi connectivity index (χ0) is 13.0. The average Bonchev–Trinajstić information content (AvgIpc) is 2.41. The Kier molecular flexibility index (Phi) is 4.58. The maximum atomic E-state index is 5.81. The van der Waals surface area contributed by atoms with Crippen LogP contribution in [0.3, 0.4) is 0 Å². The normalized spacial score (nSPS) is 10.4. The number of nitrogens with zero attached hydrogens (tertiary/aromatic N) is 3. The van der Waals surface area contributed by atoms with E-state index in [0.29, 0.717) is 22.6 Å². The van der Waals surface area contributed by atoms with Gasteiger partial charge < -0.3 is 5.32 Å². The molecular formula is C11H9Cl3N4. The van der Waals surface area contributed by atoms with E-state index in [1.54, 1.807) is 12.1 Å². The van der Waals surface area contributed by atoms with Gasteiger partial charge >= 0.3 is 0 Å². The van der Waals surface area contributed by atoms with Crippen LogP contribution in [0.4, 0.5) is 11.6 Å². The molecule has 0 radical (unpaired) electrons. The van der Waals surface area contributed by atoms with E-state index in [9.17, 15) is 0 Å². The van der Waals surface area contributed by atoms with Crippen molar-refractivity contribution >= 4 is 46.4 Å². The van der Waals surface area contributed by atoms with E-state index in [2.05, 4.69) is 20.3 Å². The number of anilines is 2. The summed E-state index contributed by atoms with van der Waals surface area (Å²) in [7, 11) is 0. The Morgan fingerprint density at radius 2 is 1.44 bits per heavy atom. The van der Waals surface area contributed by atoms with E-state index in [1.807, 2.05) is 12.1 Å². The van der Waals surface area contributed by atoms with Crippen molar-refractivity contribution in [1.29, 1.82) is 0 Å². The fourth-order valence-corrected chi connectivity index (χ4v) is 1.67. The summed E-state index contributed by atoms with van der Waals surface area (Å²) in [6.07, 6.45) is 0. The number of halogens is 3. The highest BCUT2D eigenvalue weighted by Crippen LogP contribution is 2.17. The van der Waals surface area contributed by atoms with E-state index in [-0.39, 0.29) is 11.8 Å². The topological polar surface area (TPSA) is 50.7 Å². The molecule has 4 nitrogen and oxygen atoms in total. The Hall–Kier alpha value is -1.10. The van der Waals surface area contributed by atoms with E-state index in [1.165, 1.54) is 0 Å². The predicted octanol–water partition coefficient (Wildman–Crippen LogP) is 3.75.